The molecule has 0 aromatic heterocycles. The van der Waals surface area contributed by atoms with E-state index in [4.69, 9.17) is 9.47 Å². The van der Waals surface area contributed by atoms with E-state index in [1.54, 1.807) is 0 Å². The third kappa shape index (κ3) is 2.64. The minimum atomic E-state index is -0.389. The zero-order valence-corrected chi connectivity index (χ0v) is 7.52. The van der Waals surface area contributed by atoms with E-state index in [1.807, 2.05) is 20.8 Å². The van der Waals surface area contributed by atoms with E-state index in [0.29, 0.717) is 6.61 Å². The maximum atomic E-state index is 5.58. The molecule has 0 saturated carbocycles. The zero-order valence-electron chi connectivity index (χ0n) is 7.52. The van der Waals surface area contributed by atoms with Gasteiger partial charge in [0, 0.05) is 0 Å². The second-order valence-electron chi connectivity index (χ2n) is 3.61. The van der Waals surface area contributed by atoms with E-state index < -0.39 is 0 Å². The lowest BCUT2D eigenvalue weighted by atomic mass is 10.1. The average Bonchev–Trinajstić information content (AvgIpc) is 2.08. The van der Waals surface area contributed by atoms with Crippen molar-refractivity contribution >= 4 is 0 Å². The average molecular weight is 156 g/mol. The van der Waals surface area contributed by atoms with Crippen molar-refractivity contribution in [1.82, 2.24) is 0 Å². The van der Waals surface area contributed by atoms with E-state index in [1.165, 1.54) is 0 Å². The predicted molar refractivity (Wildman–Crippen MR) is 44.3 cm³/mol. The van der Waals surface area contributed by atoms with Gasteiger partial charge in [0.25, 0.3) is 0 Å². The Morgan fingerprint density at radius 1 is 1.64 bits per heavy atom. The van der Waals surface area contributed by atoms with Gasteiger partial charge in [-0.15, -0.1) is 6.58 Å². The summed E-state index contributed by atoms with van der Waals surface area (Å²) in [6, 6.07) is 0. The second kappa shape index (κ2) is 2.95. The first kappa shape index (κ1) is 8.75. The van der Waals surface area contributed by atoms with E-state index in [-0.39, 0.29) is 11.9 Å². The van der Waals surface area contributed by atoms with Crippen LogP contribution in [-0.4, -0.2) is 18.5 Å². The molecule has 0 aromatic carbocycles. The molecule has 0 bridgehead atoms. The normalized spacial score (nSPS) is 28.8. The molecule has 11 heavy (non-hydrogen) atoms. The molecule has 0 aromatic rings. The lowest BCUT2D eigenvalue weighted by Crippen LogP contribution is -2.21. The van der Waals surface area contributed by atoms with Crippen LogP contribution in [0.5, 0.6) is 0 Å². The summed E-state index contributed by atoms with van der Waals surface area (Å²) in [6.45, 7) is 10.4. The molecule has 0 N–H and O–H groups in total. The molecule has 0 spiro atoms. The summed E-state index contributed by atoms with van der Waals surface area (Å²) in [5.74, 6) is -0.389. The molecule has 1 rings (SSSR count). The van der Waals surface area contributed by atoms with Crippen LogP contribution >= 0.6 is 0 Å². The van der Waals surface area contributed by atoms with E-state index >= 15 is 0 Å². The summed E-state index contributed by atoms with van der Waals surface area (Å²) in [6.07, 6.45) is 1.12. The van der Waals surface area contributed by atoms with Crippen molar-refractivity contribution in [3.63, 3.8) is 0 Å². The highest BCUT2D eigenvalue weighted by Crippen LogP contribution is 2.25. The summed E-state index contributed by atoms with van der Waals surface area (Å²) < 4.78 is 11.0. The molecule has 1 atom stereocenters. The Balaban J connectivity index is 2.36. The predicted octanol–water partition coefficient (Wildman–Crippen LogP) is 2.10. The van der Waals surface area contributed by atoms with Crippen molar-refractivity contribution < 1.29 is 9.47 Å². The highest BCUT2D eigenvalue weighted by Gasteiger charge is 2.32. The summed E-state index contributed by atoms with van der Waals surface area (Å²) in [5, 5.41) is 0. The zero-order chi connectivity index (χ0) is 8.48. The molecule has 1 heterocycles. The van der Waals surface area contributed by atoms with Gasteiger partial charge in [-0.1, -0.05) is 5.57 Å². The van der Waals surface area contributed by atoms with E-state index in [2.05, 4.69) is 6.58 Å². The SMILES string of the molecule is C=C(C)C[C@H]1COC(C)(C)O1. The lowest BCUT2D eigenvalue weighted by Gasteiger charge is -2.16. The van der Waals surface area contributed by atoms with Gasteiger partial charge in [0.05, 0.1) is 12.7 Å². The molecule has 64 valence electrons. The second-order valence-corrected chi connectivity index (χ2v) is 3.61. The van der Waals surface area contributed by atoms with Gasteiger partial charge in [-0.05, 0) is 27.2 Å². The highest BCUT2D eigenvalue weighted by molar-refractivity contribution is 4.92. The van der Waals surface area contributed by atoms with Crippen LogP contribution in [0.4, 0.5) is 0 Å². The van der Waals surface area contributed by atoms with Crippen LogP contribution < -0.4 is 0 Å². The van der Waals surface area contributed by atoms with Crippen LogP contribution in [-0.2, 0) is 9.47 Å². The van der Waals surface area contributed by atoms with Crippen LogP contribution in [0.2, 0.25) is 0 Å². The maximum Gasteiger partial charge on any atom is 0.163 e. The fourth-order valence-electron chi connectivity index (χ4n) is 1.25. The molecular weight excluding hydrogens is 140 g/mol. The Bertz CT molecular complexity index is 161. The van der Waals surface area contributed by atoms with Gasteiger partial charge in [0.15, 0.2) is 5.79 Å². The van der Waals surface area contributed by atoms with Crippen LogP contribution in [0.25, 0.3) is 0 Å². The van der Waals surface area contributed by atoms with Crippen LogP contribution in [0.1, 0.15) is 27.2 Å². The molecule has 1 aliphatic heterocycles. The molecule has 0 aliphatic carbocycles. The molecule has 0 unspecified atom stereocenters. The van der Waals surface area contributed by atoms with Crippen molar-refractivity contribution in [1.29, 1.82) is 0 Å². The molecule has 0 radical (unpaired) electrons. The number of hydrogen-bond donors (Lipinski definition) is 0. The molecular formula is C9H16O2. The van der Waals surface area contributed by atoms with Gasteiger partial charge in [0.1, 0.15) is 0 Å². The quantitative estimate of drug-likeness (QED) is 0.570. The van der Waals surface area contributed by atoms with Gasteiger partial charge in [0.2, 0.25) is 0 Å². The Kier molecular flexibility index (Phi) is 2.35. The molecule has 1 saturated heterocycles. The van der Waals surface area contributed by atoms with Gasteiger partial charge in [-0.3, -0.25) is 0 Å². The van der Waals surface area contributed by atoms with Crippen LogP contribution in [0.3, 0.4) is 0 Å². The largest absolute Gasteiger partial charge is 0.348 e. The molecule has 0 amide bonds. The Morgan fingerprint density at radius 3 is 2.64 bits per heavy atom. The van der Waals surface area contributed by atoms with Gasteiger partial charge >= 0.3 is 0 Å². The van der Waals surface area contributed by atoms with Crippen molar-refractivity contribution in [2.24, 2.45) is 0 Å². The first-order chi connectivity index (χ1) is 4.99. The summed E-state index contributed by atoms with van der Waals surface area (Å²) >= 11 is 0. The van der Waals surface area contributed by atoms with Gasteiger partial charge in [-0.25, -0.2) is 0 Å². The molecule has 1 fully saturated rings. The number of rotatable bonds is 2. The van der Waals surface area contributed by atoms with Crippen molar-refractivity contribution in [2.45, 2.75) is 39.1 Å². The molecule has 2 heteroatoms. The number of hydrogen-bond acceptors (Lipinski definition) is 2. The number of ether oxygens (including phenoxy) is 2. The van der Waals surface area contributed by atoms with E-state index in [9.17, 15) is 0 Å². The molecule has 2 nitrogen and oxygen atoms in total. The van der Waals surface area contributed by atoms with Gasteiger partial charge in [-0.2, -0.15) is 0 Å². The summed E-state index contributed by atoms with van der Waals surface area (Å²) in [7, 11) is 0. The van der Waals surface area contributed by atoms with Crippen molar-refractivity contribution in [3.8, 4) is 0 Å². The Labute approximate surface area is 68.2 Å². The smallest absolute Gasteiger partial charge is 0.163 e. The molecule has 1 aliphatic rings. The van der Waals surface area contributed by atoms with Gasteiger partial charge < -0.3 is 9.47 Å². The summed E-state index contributed by atoms with van der Waals surface area (Å²) in [5.41, 5.74) is 1.15. The Morgan fingerprint density at radius 2 is 2.27 bits per heavy atom. The standard InChI is InChI=1S/C9H16O2/c1-7(2)5-8-6-10-9(3,4)11-8/h8H,1,5-6H2,2-4H3/t8-/m0/s1. The lowest BCUT2D eigenvalue weighted by molar-refractivity contribution is -0.138. The van der Waals surface area contributed by atoms with Crippen molar-refractivity contribution in [3.05, 3.63) is 12.2 Å². The summed E-state index contributed by atoms with van der Waals surface area (Å²) in [4.78, 5) is 0. The fourth-order valence-corrected chi connectivity index (χ4v) is 1.25. The van der Waals surface area contributed by atoms with Crippen LogP contribution in [0, 0.1) is 0 Å². The van der Waals surface area contributed by atoms with E-state index in [0.717, 1.165) is 12.0 Å². The van der Waals surface area contributed by atoms with Crippen LogP contribution in [0.15, 0.2) is 12.2 Å². The highest BCUT2D eigenvalue weighted by atomic mass is 16.7. The fraction of sp³-hybridized carbons (Fsp3) is 0.778. The topological polar surface area (TPSA) is 18.5 Å². The first-order valence-corrected chi connectivity index (χ1v) is 3.96. The minimum absolute atomic E-state index is 0.211. The minimum Gasteiger partial charge on any atom is -0.348 e. The first-order valence-electron chi connectivity index (χ1n) is 3.96. The Hall–Kier alpha value is -0.340. The third-order valence-electron chi connectivity index (χ3n) is 1.64. The monoisotopic (exact) mass is 156 g/mol. The van der Waals surface area contributed by atoms with Crippen molar-refractivity contribution in [2.75, 3.05) is 6.61 Å². The maximum absolute atomic E-state index is 5.58. The third-order valence-corrected chi connectivity index (χ3v) is 1.64.